The fourth-order valence-electron chi connectivity index (χ4n) is 6.44. The van der Waals surface area contributed by atoms with Gasteiger partial charge in [0.25, 0.3) is 0 Å². The highest BCUT2D eigenvalue weighted by molar-refractivity contribution is 5.53. The molecule has 4 heteroatoms. The van der Waals surface area contributed by atoms with E-state index in [1.807, 2.05) is 12.1 Å². The molecule has 1 aliphatic heterocycles. The minimum absolute atomic E-state index is 0.126. The number of rotatable bonds is 8. The number of aromatic hydroxyl groups is 2. The van der Waals surface area contributed by atoms with Crippen molar-refractivity contribution in [1.82, 2.24) is 9.80 Å². The zero-order chi connectivity index (χ0) is 30.0. The van der Waals surface area contributed by atoms with Crippen LogP contribution in [0.1, 0.15) is 81.3 Å². The maximum atomic E-state index is 11.5. The van der Waals surface area contributed by atoms with Crippen molar-refractivity contribution >= 4 is 0 Å². The quantitative estimate of drug-likeness (QED) is 0.229. The average Bonchev–Trinajstić information content (AvgIpc) is 3.02. The number of benzene rings is 4. The standard InChI is InChI=1S/C38H46N2O2/c1-25-21-33(29(5)31-13-9-7-10-14-31)37(41)35(27(25)3)23-39-17-19-40(20-18-39)24-36-28(4)26(2)22-34(38(36)42)30(6)32-15-11-8-12-16-32/h7-16,21-22,29-30,41-42H,17-20,23-24H2,1-6H3. The minimum Gasteiger partial charge on any atom is -0.507 e. The van der Waals surface area contributed by atoms with Gasteiger partial charge in [0, 0.05) is 73.4 Å². The molecule has 4 aromatic carbocycles. The zero-order valence-electron chi connectivity index (χ0n) is 26.1. The maximum Gasteiger partial charge on any atom is 0.124 e. The van der Waals surface area contributed by atoms with Gasteiger partial charge < -0.3 is 10.2 Å². The molecule has 0 radical (unpaired) electrons. The predicted octanol–water partition coefficient (Wildman–Crippen LogP) is 7.95. The number of hydrogen-bond donors (Lipinski definition) is 2. The summed E-state index contributed by atoms with van der Waals surface area (Å²) in [6.45, 7) is 18.1. The molecule has 0 amide bonds. The molecule has 1 saturated heterocycles. The summed E-state index contributed by atoms with van der Waals surface area (Å²) >= 11 is 0. The van der Waals surface area contributed by atoms with E-state index in [1.165, 1.54) is 33.4 Å². The van der Waals surface area contributed by atoms with Gasteiger partial charge in [-0.15, -0.1) is 0 Å². The molecule has 1 aliphatic rings. The highest BCUT2D eigenvalue weighted by atomic mass is 16.3. The lowest BCUT2D eigenvalue weighted by atomic mass is 9.87. The molecule has 0 aliphatic carbocycles. The van der Waals surface area contributed by atoms with Crippen molar-refractivity contribution in [3.63, 3.8) is 0 Å². The van der Waals surface area contributed by atoms with Gasteiger partial charge in [-0.25, -0.2) is 0 Å². The van der Waals surface area contributed by atoms with Gasteiger partial charge in [0.05, 0.1) is 0 Å². The van der Waals surface area contributed by atoms with Crippen molar-refractivity contribution in [3.05, 3.63) is 128 Å². The Balaban J connectivity index is 1.30. The Labute approximate surface area is 252 Å². The fourth-order valence-corrected chi connectivity index (χ4v) is 6.44. The van der Waals surface area contributed by atoms with Crippen LogP contribution in [0, 0.1) is 27.7 Å². The number of aryl methyl sites for hydroxylation is 2. The third kappa shape index (κ3) is 6.11. The van der Waals surface area contributed by atoms with Crippen LogP contribution in [0.15, 0.2) is 72.8 Å². The number of hydrogen-bond acceptors (Lipinski definition) is 4. The predicted molar refractivity (Wildman–Crippen MR) is 174 cm³/mol. The zero-order valence-corrected chi connectivity index (χ0v) is 26.1. The van der Waals surface area contributed by atoms with Gasteiger partial charge in [0.15, 0.2) is 0 Å². The van der Waals surface area contributed by atoms with Gasteiger partial charge in [-0.05, 0) is 61.1 Å². The lowest BCUT2D eigenvalue weighted by molar-refractivity contribution is 0.120. The summed E-state index contributed by atoms with van der Waals surface area (Å²) < 4.78 is 0. The maximum absolute atomic E-state index is 11.5. The first-order chi connectivity index (χ1) is 20.2. The first-order valence-electron chi connectivity index (χ1n) is 15.3. The Bertz CT molecular complexity index is 1410. The molecule has 1 heterocycles. The van der Waals surface area contributed by atoms with Gasteiger partial charge >= 0.3 is 0 Å². The SMILES string of the molecule is Cc1cc(C(C)c2ccccc2)c(O)c(CN2CCN(Cc3c(C)c(C)cc(C(C)c4ccccc4)c3O)CC2)c1C. The molecular weight excluding hydrogens is 516 g/mol. The van der Waals surface area contributed by atoms with Crippen LogP contribution in [0.25, 0.3) is 0 Å². The van der Waals surface area contributed by atoms with Gasteiger partial charge in [-0.3, -0.25) is 9.80 Å². The van der Waals surface area contributed by atoms with Crippen molar-refractivity contribution < 1.29 is 10.2 Å². The van der Waals surface area contributed by atoms with Gasteiger partial charge in [-0.1, -0.05) is 86.6 Å². The van der Waals surface area contributed by atoms with E-state index in [-0.39, 0.29) is 11.8 Å². The molecule has 4 aromatic rings. The molecule has 2 N–H and O–H groups in total. The second-order valence-electron chi connectivity index (χ2n) is 12.3. The van der Waals surface area contributed by atoms with Gasteiger partial charge in [0.1, 0.15) is 11.5 Å². The molecule has 1 fully saturated rings. The van der Waals surface area contributed by atoms with E-state index in [0.717, 1.165) is 61.5 Å². The summed E-state index contributed by atoms with van der Waals surface area (Å²) in [5.41, 5.74) is 11.3. The third-order valence-corrected chi connectivity index (χ3v) is 9.71. The number of phenolic OH excluding ortho intramolecular Hbond substituents is 2. The van der Waals surface area contributed by atoms with Crippen LogP contribution >= 0.6 is 0 Å². The Kier molecular flexibility index (Phi) is 9.05. The molecule has 0 aromatic heterocycles. The second-order valence-corrected chi connectivity index (χ2v) is 12.3. The highest BCUT2D eigenvalue weighted by Gasteiger charge is 2.25. The molecule has 0 spiro atoms. The van der Waals surface area contributed by atoms with Gasteiger partial charge in [-0.2, -0.15) is 0 Å². The summed E-state index contributed by atoms with van der Waals surface area (Å²) in [5.74, 6) is 1.14. The third-order valence-electron chi connectivity index (χ3n) is 9.71. The highest BCUT2D eigenvalue weighted by Crippen LogP contribution is 2.39. The summed E-state index contributed by atoms with van der Waals surface area (Å²) in [7, 11) is 0. The first kappa shape index (κ1) is 29.9. The van der Waals surface area contributed by atoms with Crippen molar-refractivity contribution in [2.24, 2.45) is 0 Å². The number of nitrogens with zero attached hydrogens (tertiary/aromatic N) is 2. The van der Waals surface area contributed by atoms with Crippen LogP contribution in [-0.4, -0.2) is 46.2 Å². The Morgan fingerprint density at radius 2 is 0.905 bits per heavy atom. The monoisotopic (exact) mass is 562 g/mol. The summed E-state index contributed by atoms with van der Waals surface area (Å²) in [6.07, 6.45) is 0. The van der Waals surface area contributed by atoms with Crippen LogP contribution in [0.3, 0.4) is 0 Å². The summed E-state index contributed by atoms with van der Waals surface area (Å²) in [4.78, 5) is 4.92. The lowest BCUT2D eigenvalue weighted by Gasteiger charge is -2.36. The van der Waals surface area contributed by atoms with Crippen molar-refractivity contribution in [2.45, 2.75) is 66.5 Å². The van der Waals surface area contributed by atoms with E-state index in [2.05, 4.69) is 112 Å². The molecular formula is C38H46N2O2. The number of piperazine rings is 1. The van der Waals surface area contributed by atoms with Crippen LogP contribution in [0.4, 0.5) is 0 Å². The molecule has 42 heavy (non-hydrogen) atoms. The summed E-state index contributed by atoms with van der Waals surface area (Å²) in [5, 5.41) is 23.0. The molecule has 4 nitrogen and oxygen atoms in total. The Morgan fingerprint density at radius 3 is 1.24 bits per heavy atom. The van der Waals surface area contributed by atoms with E-state index in [9.17, 15) is 10.2 Å². The molecule has 2 unspecified atom stereocenters. The van der Waals surface area contributed by atoms with Gasteiger partial charge in [0.2, 0.25) is 0 Å². The molecule has 0 bridgehead atoms. The van der Waals surface area contributed by atoms with E-state index < -0.39 is 0 Å². The minimum atomic E-state index is 0.126. The number of phenols is 2. The van der Waals surface area contributed by atoms with Crippen LogP contribution in [-0.2, 0) is 13.1 Å². The largest absolute Gasteiger partial charge is 0.507 e. The molecule has 0 saturated carbocycles. The van der Waals surface area contributed by atoms with Crippen molar-refractivity contribution in [2.75, 3.05) is 26.2 Å². The topological polar surface area (TPSA) is 46.9 Å². The normalized spacial score (nSPS) is 16.0. The van der Waals surface area contributed by atoms with Crippen LogP contribution < -0.4 is 0 Å². The Hall–Kier alpha value is -3.60. The van der Waals surface area contributed by atoms with E-state index in [0.29, 0.717) is 11.5 Å². The van der Waals surface area contributed by atoms with Crippen LogP contribution in [0.5, 0.6) is 11.5 Å². The average molecular weight is 563 g/mol. The molecule has 5 rings (SSSR count). The van der Waals surface area contributed by atoms with Crippen LogP contribution in [0.2, 0.25) is 0 Å². The van der Waals surface area contributed by atoms with Crippen molar-refractivity contribution in [1.29, 1.82) is 0 Å². The molecule has 2 atom stereocenters. The fraction of sp³-hybridized carbons (Fsp3) is 0.368. The van der Waals surface area contributed by atoms with E-state index in [1.54, 1.807) is 0 Å². The smallest absolute Gasteiger partial charge is 0.124 e. The lowest BCUT2D eigenvalue weighted by Crippen LogP contribution is -2.45. The van der Waals surface area contributed by atoms with E-state index >= 15 is 0 Å². The second kappa shape index (κ2) is 12.7. The first-order valence-corrected chi connectivity index (χ1v) is 15.3. The molecule has 220 valence electrons. The van der Waals surface area contributed by atoms with E-state index in [4.69, 9.17) is 0 Å². The Morgan fingerprint density at radius 1 is 0.571 bits per heavy atom. The van der Waals surface area contributed by atoms with Crippen molar-refractivity contribution in [3.8, 4) is 11.5 Å². The summed E-state index contributed by atoms with van der Waals surface area (Å²) in [6, 6.07) is 25.2.